The first-order chi connectivity index (χ1) is 8.18. The molecule has 4 heteroatoms. The van der Waals surface area contributed by atoms with Crippen LogP contribution in [0.2, 0.25) is 0 Å². The Morgan fingerprint density at radius 2 is 1.82 bits per heavy atom. The molecular formula is C13H12F2N2. The first kappa shape index (κ1) is 11.5. The second-order valence-electron chi connectivity index (χ2n) is 3.75. The number of nitrogens with one attached hydrogen (secondary N) is 1. The van der Waals surface area contributed by atoms with Gasteiger partial charge >= 0.3 is 0 Å². The fourth-order valence-corrected chi connectivity index (χ4v) is 1.57. The van der Waals surface area contributed by atoms with Crippen molar-refractivity contribution in [2.45, 2.75) is 13.0 Å². The number of rotatable bonds is 3. The van der Waals surface area contributed by atoms with E-state index in [1.165, 1.54) is 18.2 Å². The quantitative estimate of drug-likeness (QED) is 0.878. The van der Waals surface area contributed by atoms with Crippen molar-refractivity contribution in [2.24, 2.45) is 0 Å². The Labute approximate surface area is 98.3 Å². The summed E-state index contributed by atoms with van der Waals surface area (Å²) in [6.45, 7) is 1.82. The Bertz CT molecular complexity index is 480. The number of benzene rings is 1. The van der Waals surface area contributed by atoms with E-state index in [1.54, 1.807) is 18.5 Å². The summed E-state index contributed by atoms with van der Waals surface area (Å²) in [6.07, 6.45) is 3.32. The van der Waals surface area contributed by atoms with Gasteiger partial charge in [0, 0.05) is 12.4 Å². The van der Waals surface area contributed by atoms with E-state index in [1.807, 2.05) is 13.0 Å². The summed E-state index contributed by atoms with van der Waals surface area (Å²) in [5, 5.41) is 2.80. The maximum absolute atomic E-state index is 13.4. The number of pyridine rings is 1. The van der Waals surface area contributed by atoms with Gasteiger partial charge in [-0.2, -0.15) is 0 Å². The van der Waals surface area contributed by atoms with E-state index in [-0.39, 0.29) is 11.7 Å². The van der Waals surface area contributed by atoms with Crippen molar-refractivity contribution < 1.29 is 8.78 Å². The molecule has 0 radical (unpaired) electrons. The molecule has 0 saturated carbocycles. The molecule has 0 aliphatic heterocycles. The molecule has 88 valence electrons. The van der Waals surface area contributed by atoms with Gasteiger partial charge in [-0.25, -0.2) is 8.78 Å². The van der Waals surface area contributed by atoms with E-state index >= 15 is 0 Å². The largest absolute Gasteiger partial charge is 0.374 e. The summed E-state index contributed by atoms with van der Waals surface area (Å²) in [6, 6.07) is 7.21. The zero-order valence-corrected chi connectivity index (χ0v) is 9.32. The fraction of sp³-hybridized carbons (Fsp3) is 0.154. The van der Waals surface area contributed by atoms with Gasteiger partial charge in [0.2, 0.25) is 0 Å². The highest BCUT2D eigenvalue weighted by atomic mass is 19.1. The Kier molecular flexibility index (Phi) is 3.32. The normalized spacial score (nSPS) is 12.2. The second-order valence-corrected chi connectivity index (χ2v) is 3.75. The van der Waals surface area contributed by atoms with Crippen molar-refractivity contribution in [3.63, 3.8) is 0 Å². The highest BCUT2D eigenvalue weighted by molar-refractivity contribution is 5.47. The van der Waals surface area contributed by atoms with E-state index in [9.17, 15) is 8.78 Å². The lowest BCUT2D eigenvalue weighted by atomic mass is 10.1. The van der Waals surface area contributed by atoms with Crippen LogP contribution in [0.5, 0.6) is 0 Å². The standard InChI is InChI=1S/C13H12F2N2/c1-9(10-4-3-7-16-8-10)17-13-11(14)5-2-6-12(13)15/h2-9,17H,1H3. The number of para-hydroxylation sites is 1. The zero-order valence-electron chi connectivity index (χ0n) is 9.32. The Hall–Kier alpha value is -1.97. The zero-order chi connectivity index (χ0) is 12.3. The Morgan fingerprint density at radius 3 is 2.41 bits per heavy atom. The molecule has 0 fully saturated rings. The molecule has 2 nitrogen and oxygen atoms in total. The van der Waals surface area contributed by atoms with Gasteiger partial charge in [0.05, 0.1) is 6.04 Å². The van der Waals surface area contributed by atoms with E-state index < -0.39 is 11.6 Å². The highest BCUT2D eigenvalue weighted by Crippen LogP contribution is 2.23. The predicted molar refractivity (Wildman–Crippen MR) is 62.6 cm³/mol. The highest BCUT2D eigenvalue weighted by Gasteiger charge is 2.12. The molecule has 0 bridgehead atoms. The number of hydrogen-bond acceptors (Lipinski definition) is 2. The minimum absolute atomic E-state index is 0.108. The number of aromatic nitrogens is 1. The third kappa shape index (κ3) is 2.58. The summed E-state index contributed by atoms with van der Waals surface area (Å²) in [5.41, 5.74) is 0.763. The van der Waals surface area contributed by atoms with Crippen LogP contribution >= 0.6 is 0 Å². The molecule has 1 N–H and O–H groups in total. The van der Waals surface area contributed by atoms with Crippen LogP contribution in [0, 0.1) is 11.6 Å². The van der Waals surface area contributed by atoms with Crippen LogP contribution < -0.4 is 5.32 Å². The summed E-state index contributed by atoms with van der Waals surface area (Å²) in [4.78, 5) is 3.96. The van der Waals surface area contributed by atoms with Crippen LogP contribution in [0.15, 0.2) is 42.7 Å². The third-order valence-corrected chi connectivity index (χ3v) is 2.51. The van der Waals surface area contributed by atoms with Gasteiger partial charge in [0.25, 0.3) is 0 Å². The van der Waals surface area contributed by atoms with Gasteiger partial charge in [-0.3, -0.25) is 4.98 Å². The Morgan fingerprint density at radius 1 is 1.12 bits per heavy atom. The minimum atomic E-state index is -0.597. The van der Waals surface area contributed by atoms with E-state index in [2.05, 4.69) is 10.3 Å². The number of hydrogen-bond donors (Lipinski definition) is 1. The van der Waals surface area contributed by atoms with Crippen LogP contribution in [0.3, 0.4) is 0 Å². The smallest absolute Gasteiger partial charge is 0.149 e. The molecule has 1 unspecified atom stereocenters. The molecule has 0 saturated heterocycles. The summed E-state index contributed by atoms with van der Waals surface area (Å²) in [5.74, 6) is -1.19. The first-order valence-electron chi connectivity index (χ1n) is 5.29. The lowest BCUT2D eigenvalue weighted by Gasteiger charge is -2.16. The second kappa shape index (κ2) is 4.91. The van der Waals surface area contributed by atoms with E-state index in [0.29, 0.717) is 0 Å². The molecule has 0 aliphatic carbocycles. The molecule has 1 heterocycles. The van der Waals surface area contributed by atoms with Crippen LogP contribution in [0.1, 0.15) is 18.5 Å². The molecule has 2 aromatic rings. The number of nitrogens with zero attached hydrogens (tertiary/aromatic N) is 1. The third-order valence-electron chi connectivity index (χ3n) is 2.51. The van der Waals surface area contributed by atoms with Crippen molar-refractivity contribution in [3.8, 4) is 0 Å². The average Bonchev–Trinajstić information content (AvgIpc) is 2.35. The predicted octanol–water partition coefficient (Wildman–Crippen LogP) is 3.53. The van der Waals surface area contributed by atoms with Crippen molar-refractivity contribution in [1.82, 2.24) is 4.98 Å². The maximum Gasteiger partial charge on any atom is 0.149 e. The molecule has 2 rings (SSSR count). The summed E-state index contributed by atoms with van der Waals surface area (Å²) < 4.78 is 26.8. The summed E-state index contributed by atoms with van der Waals surface area (Å²) in [7, 11) is 0. The molecule has 0 spiro atoms. The van der Waals surface area contributed by atoms with Crippen LogP contribution in [-0.2, 0) is 0 Å². The average molecular weight is 234 g/mol. The van der Waals surface area contributed by atoms with E-state index in [4.69, 9.17) is 0 Å². The van der Waals surface area contributed by atoms with Gasteiger partial charge in [-0.15, -0.1) is 0 Å². The molecule has 0 aliphatic rings. The molecule has 0 amide bonds. The summed E-state index contributed by atoms with van der Waals surface area (Å²) >= 11 is 0. The van der Waals surface area contributed by atoms with Gasteiger partial charge in [0.15, 0.2) is 0 Å². The topological polar surface area (TPSA) is 24.9 Å². The maximum atomic E-state index is 13.4. The Balaban J connectivity index is 2.22. The van der Waals surface area contributed by atoms with Gasteiger partial charge < -0.3 is 5.32 Å². The van der Waals surface area contributed by atoms with Gasteiger partial charge in [-0.05, 0) is 30.7 Å². The minimum Gasteiger partial charge on any atom is -0.374 e. The lowest BCUT2D eigenvalue weighted by molar-refractivity contribution is 0.584. The number of anilines is 1. The van der Waals surface area contributed by atoms with Gasteiger partial charge in [0.1, 0.15) is 17.3 Å². The monoisotopic (exact) mass is 234 g/mol. The van der Waals surface area contributed by atoms with Gasteiger partial charge in [-0.1, -0.05) is 12.1 Å². The van der Waals surface area contributed by atoms with E-state index in [0.717, 1.165) is 5.56 Å². The van der Waals surface area contributed by atoms with Crippen molar-refractivity contribution in [2.75, 3.05) is 5.32 Å². The first-order valence-corrected chi connectivity index (χ1v) is 5.29. The molecule has 17 heavy (non-hydrogen) atoms. The van der Waals surface area contributed by atoms with Crippen molar-refractivity contribution in [3.05, 3.63) is 59.9 Å². The SMILES string of the molecule is CC(Nc1c(F)cccc1F)c1cccnc1. The number of halogens is 2. The molecule has 1 aromatic carbocycles. The fourth-order valence-electron chi connectivity index (χ4n) is 1.57. The van der Waals surface area contributed by atoms with Crippen LogP contribution in [0.25, 0.3) is 0 Å². The molecular weight excluding hydrogens is 222 g/mol. The lowest BCUT2D eigenvalue weighted by Crippen LogP contribution is -2.09. The molecule has 1 aromatic heterocycles. The molecule has 1 atom stereocenters. The van der Waals surface area contributed by atoms with Crippen LogP contribution in [-0.4, -0.2) is 4.98 Å². The van der Waals surface area contributed by atoms with Crippen molar-refractivity contribution >= 4 is 5.69 Å². The van der Waals surface area contributed by atoms with Crippen molar-refractivity contribution in [1.29, 1.82) is 0 Å². The van der Waals surface area contributed by atoms with Crippen LogP contribution in [0.4, 0.5) is 14.5 Å².